The highest BCUT2D eigenvalue weighted by atomic mass is 79.9. The van der Waals surface area contributed by atoms with Crippen LogP contribution in [-0.4, -0.2) is 38.4 Å². The third-order valence-corrected chi connectivity index (χ3v) is 6.19. The van der Waals surface area contributed by atoms with Gasteiger partial charge in [-0.15, -0.1) is 0 Å². The molecule has 0 atom stereocenters. The van der Waals surface area contributed by atoms with Crippen LogP contribution < -0.4 is 25.0 Å². The molecule has 0 saturated carbocycles. The van der Waals surface area contributed by atoms with Gasteiger partial charge < -0.3 is 19.5 Å². The summed E-state index contributed by atoms with van der Waals surface area (Å²) in [4.78, 5) is 24.7. The molecule has 0 radical (unpaired) electrons. The van der Waals surface area contributed by atoms with E-state index in [-0.39, 0.29) is 12.5 Å². The normalized spacial score (nSPS) is 10.7. The number of anilines is 1. The molecular formula is C26H24Br2ClN3O5. The highest BCUT2D eigenvalue weighted by Gasteiger charge is 2.13. The van der Waals surface area contributed by atoms with Crippen molar-refractivity contribution in [2.45, 2.75) is 13.3 Å². The fourth-order valence-electron chi connectivity index (χ4n) is 3.03. The van der Waals surface area contributed by atoms with E-state index < -0.39 is 5.91 Å². The predicted molar refractivity (Wildman–Crippen MR) is 151 cm³/mol. The van der Waals surface area contributed by atoms with E-state index >= 15 is 0 Å². The first-order chi connectivity index (χ1) is 17.8. The van der Waals surface area contributed by atoms with Crippen LogP contribution in [0.15, 0.2) is 68.6 Å². The molecule has 0 heterocycles. The number of carbonyl (C=O) groups excluding carboxylic acids is 2. The second kappa shape index (κ2) is 14.0. The van der Waals surface area contributed by atoms with Gasteiger partial charge >= 0.3 is 0 Å². The maximum absolute atomic E-state index is 12.5. The number of ether oxygens (including phenoxy) is 3. The molecule has 0 fully saturated rings. The van der Waals surface area contributed by atoms with Crippen molar-refractivity contribution in [1.29, 1.82) is 0 Å². The Hall–Kier alpha value is -3.08. The molecule has 0 unspecified atom stereocenters. The molecule has 11 heteroatoms. The lowest BCUT2D eigenvalue weighted by Crippen LogP contribution is -2.20. The molecule has 8 nitrogen and oxygen atoms in total. The largest absolute Gasteiger partial charge is 0.493 e. The van der Waals surface area contributed by atoms with E-state index in [1.54, 1.807) is 54.6 Å². The summed E-state index contributed by atoms with van der Waals surface area (Å²) >= 11 is 12.7. The Morgan fingerprint density at radius 3 is 2.35 bits per heavy atom. The number of hydrogen-bond acceptors (Lipinski definition) is 6. The van der Waals surface area contributed by atoms with Crippen LogP contribution in [0.25, 0.3) is 0 Å². The van der Waals surface area contributed by atoms with Crippen molar-refractivity contribution in [1.82, 2.24) is 5.43 Å². The standard InChI is InChI=1S/C26H24Br2ClN3O5/c1-3-10-36-22-9-4-17(13-23(22)35-2)26(34)32-30-14-16-11-20(27)25(21(28)12-16)37-15-24(33)31-19-7-5-18(29)6-8-19/h4-9,11-14H,3,10,15H2,1-2H3,(H,31,33)(H,32,34)/b30-14+. The van der Waals surface area contributed by atoms with Crippen molar-refractivity contribution >= 4 is 67.2 Å². The Balaban J connectivity index is 1.58. The summed E-state index contributed by atoms with van der Waals surface area (Å²) in [7, 11) is 1.52. The smallest absolute Gasteiger partial charge is 0.271 e. The molecule has 3 aromatic carbocycles. The molecule has 2 N–H and O–H groups in total. The van der Waals surface area contributed by atoms with Crippen molar-refractivity contribution in [3.8, 4) is 17.2 Å². The van der Waals surface area contributed by atoms with Gasteiger partial charge in [-0.3, -0.25) is 9.59 Å². The highest BCUT2D eigenvalue weighted by Crippen LogP contribution is 2.34. The van der Waals surface area contributed by atoms with Crippen molar-refractivity contribution in [2.24, 2.45) is 5.10 Å². The lowest BCUT2D eigenvalue weighted by Gasteiger charge is -2.12. The van der Waals surface area contributed by atoms with E-state index in [0.717, 1.165) is 6.42 Å². The molecule has 0 bridgehead atoms. The SMILES string of the molecule is CCCOc1ccc(C(=O)N/N=C/c2cc(Br)c(OCC(=O)Nc3ccc(Cl)cc3)c(Br)c2)cc1OC. The summed E-state index contributed by atoms with van der Waals surface area (Å²) in [6, 6.07) is 15.2. The van der Waals surface area contributed by atoms with Gasteiger partial charge in [0.05, 0.1) is 28.9 Å². The van der Waals surface area contributed by atoms with Gasteiger partial charge in [-0.25, -0.2) is 5.43 Å². The van der Waals surface area contributed by atoms with Crippen LogP contribution in [0.4, 0.5) is 5.69 Å². The number of carbonyl (C=O) groups is 2. The first-order valence-corrected chi connectivity index (χ1v) is 13.1. The van der Waals surface area contributed by atoms with E-state index in [9.17, 15) is 9.59 Å². The van der Waals surface area contributed by atoms with Gasteiger partial charge in [-0.05, 0) is 98.4 Å². The number of hydrazone groups is 1. The number of hydrogen-bond donors (Lipinski definition) is 2. The average molecular weight is 654 g/mol. The summed E-state index contributed by atoms with van der Waals surface area (Å²) in [6.45, 7) is 2.36. The van der Waals surface area contributed by atoms with Crippen LogP contribution in [0.1, 0.15) is 29.3 Å². The molecule has 0 spiro atoms. The summed E-state index contributed by atoms with van der Waals surface area (Å²) in [5.41, 5.74) is 4.16. The van der Waals surface area contributed by atoms with Gasteiger partial charge in [0.25, 0.3) is 11.8 Å². The number of rotatable bonds is 11. The monoisotopic (exact) mass is 651 g/mol. The van der Waals surface area contributed by atoms with Gasteiger partial charge in [0.1, 0.15) is 5.75 Å². The van der Waals surface area contributed by atoms with Crippen molar-refractivity contribution in [3.63, 3.8) is 0 Å². The number of benzene rings is 3. The summed E-state index contributed by atoms with van der Waals surface area (Å²) in [6.07, 6.45) is 2.35. The first kappa shape index (κ1) is 28.5. The molecule has 0 aliphatic carbocycles. The van der Waals surface area contributed by atoms with Gasteiger partial charge in [0.15, 0.2) is 18.1 Å². The zero-order chi connectivity index (χ0) is 26.8. The van der Waals surface area contributed by atoms with Crippen molar-refractivity contribution in [3.05, 3.63) is 79.7 Å². The Bertz CT molecular complexity index is 1260. The quantitative estimate of drug-likeness (QED) is 0.183. The molecular weight excluding hydrogens is 630 g/mol. The molecule has 3 rings (SSSR count). The first-order valence-electron chi connectivity index (χ1n) is 11.1. The van der Waals surface area contributed by atoms with E-state index in [4.69, 9.17) is 25.8 Å². The number of nitrogens with zero attached hydrogens (tertiary/aromatic N) is 1. The van der Waals surface area contributed by atoms with Gasteiger partial charge in [0.2, 0.25) is 0 Å². The predicted octanol–water partition coefficient (Wildman–Crippen LogP) is 6.44. The fraction of sp³-hybridized carbons (Fsp3) is 0.192. The fourth-order valence-corrected chi connectivity index (χ4v) is 4.61. The van der Waals surface area contributed by atoms with Crippen LogP contribution in [0.3, 0.4) is 0 Å². The highest BCUT2D eigenvalue weighted by molar-refractivity contribution is 9.11. The third-order valence-electron chi connectivity index (χ3n) is 4.76. The van der Waals surface area contributed by atoms with E-state index in [2.05, 4.69) is 47.7 Å². The maximum Gasteiger partial charge on any atom is 0.271 e. The Morgan fingerprint density at radius 2 is 1.70 bits per heavy atom. The number of methoxy groups -OCH3 is 1. The zero-order valence-electron chi connectivity index (χ0n) is 20.0. The minimum atomic E-state index is -0.402. The molecule has 0 aliphatic heterocycles. The van der Waals surface area contributed by atoms with Crippen LogP contribution in [-0.2, 0) is 4.79 Å². The topological polar surface area (TPSA) is 98.3 Å². The maximum atomic E-state index is 12.5. The van der Waals surface area contributed by atoms with Crippen LogP contribution in [0.2, 0.25) is 5.02 Å². The molecule has 194 valence electrons. The van der Waals surface area contributed by atoms with E-state index in [1.165, 1.54) is 13.3 Å². The molecule has 3 aromatic rings. The minimum absolute atomic E-state index is 0.199. The lowest BCUT2D eigenvalue weighted by atomic mass is 10.2. The second-order valence-electron chi connectivity index (χ2n) is 7.57. The van der Waals surface area contributed by atoms with Gasteiger partial charge in [-0.1, -0.05) is 18.5 Å². The average Bonchev–Trinajstić information content (AvgIpc) is 2.88. The molecule has 37 heavy (non-hydrogen) atoms. The van der Waals surface area contributed by atoms with E-state index in [0.29, 0.717) is 54.6 Å². The van der Waals surface area contributed by atoms with Crippen molar-refractivity contribution in [2.75, 3.05) is 25.6 Å². The molecule has 0 aliphatic rings. The molecule has 0 aromatic heterocycles. The number of nitrogens with one attached hydrogen (secondary N) is 2. The van der Waals surface area contributed by atoms with Crippen molar-refractivity contribution < 1.29 is 23.8 Å². The Labute approximate surface area is 236 Å². The van der Waals surface area contributed by atoms with Crippen LogP contribution >= 0.6 is 43.5 Å². The zero-order valence-corrected chi connectivity index (χ0v) is 23.9. The Morgan fingerprint density at radius 1 is 1.00 bits per heavy atom. The van der Waals surface area contributed by atoms with Crippen LogP contribution in [0, 0.1) is 0 Å². The summed E-state index contributed by atoms with van der Waals surface area (Å²) < 4.78 is 17.8. The minimum Gasteiger partial charge on any atom is -0.493 e. The molecule has 2 amide bonds. The number of halogens is 3. The second-order valence-corrected chi connectivity index (χ2v) is 9.72. The molecule has 0 saturated heterocycles. The third kappa shape index (κ3) is 8.48. The lowest BCUT2D eigenvalue weighted by molar-refractivity contribution is -0.118. The Kier molecular flexibility index (Phi) is 10.8. The number of amides is 2. The van der Waals surface area contributed by atoms with E-state index in [1.807, 2.05) is 6.92 Å². The summed E-state index contributed by atoms with van der Waals surface area (Å²) in [5.74, 6) is 0.765. The summed E-state index contributed by atoms with van der Waals surface area (Å²) in [5, 5.41) is 7.34. The van der Waals surface area contributed by atoms with Crippen LogP contribution in [0.5, 0.6) is 17.2 Å². The van der Waals surface area contributed by atoms with Gasteiger partial charge in [0, 0.05) is 16.3 Å². The van der Waals surface area contributed by atoms with Gasteiger partial charge in [-0.2, -0.15) is 5.10 Å².